The molecule has 0 bridgehead atoms. The van der Waals surface area contributed by atoms with Gasteiger partial charge in [0.1, 0.15) is 11.9 Å². The van der Waals surface area contributed by atoms with Crippen LogP contribution in [0.4, 0.5) is 0 Å². The van der Waals surface area contributed by atoms with Gasteiger partial charge in [-0.1, -0.05) is 61.2 Å². The number of hydrogen-bond acceptors (Lipinski definition) is 3. The second-order valence-electron chi connectivity index (χ2n) is 5.84. The molecule has 122 valence electrons. The van der Waals surface area contributed by atoms with Crippen LogP contribution < -0.4 is 4.74 Å². The first-order valence-corrected chi connectivity index (χ1v) is 8.40. The predicted octanol–water partition coefficient (Wildman–Crippen LogP) is 4.58. The maximum Gasteiger partial charge on any atom is 0.127 e. The maximum atomic E-state index is 6.35. The number of rotatable bonds is 8. The van der Waals surface area contributed by atoms with Crippen molar-refractivity contribution in [2.24, 2.45) is 0 Å². The van der Waals surface area contributed by atoms with Gasteiger partial charge in [-0.15, -0.1) is 0 Å². The van der Waals surface area contributed by atoms with E-state index in [4.69, 9.17) is 17.4 Å². The predicted molar refractivity (Wildman–Crippen MR) is 104 cm³/mol. The molecule has 0 aliphatic heterocycles. The van der Waals surface area contributed by atoms with Crippen LogP contribution in [-0.2, 0) is 0 Å². The van der Waals surface area contributed by atoms with Crippen molar-refractivity contribution in [2.75, 3.05) is 20.6 Å². The Balaban J connectivity index is 2.24. The van der Waals surface area contributed by atoms with Crippen molar-refractivity contribution in [3.8, 4) is 5.75 Å². The van der Waals surface area contributed by atoms with E-state index in [-0.39, 0.29) is 11.4 Å². The Bertz CT molecular complexity index is 660. The summed E-state index contributed by atoms with van der Waals surface area (Å²) in [5.41, 5.74) is 0. The Morgan fingerprint density at radius 1 is 1.17 bits per heavy atom. The highest BCUT2D eigenvalue weighted by Gasteiger charge is 2.19. The molecule has 0 spiro atoms. The van der Waals surface area contributed by atoms with Crippen LogP contribution in [0.5, 0.6) is 5.75 Å². The highest BCUT2D eigenvalue weighted by atomic mass is 32.1. The third-order valence-electron chi connectivity index (χ3n) is 3.71. The minimum atomic E-state index is 0.00254. The summed E-state index contributed by atoms with van der Waals surface area (Å²) in [6.45, 7) is 4.67. The van der Waals surface area contributed by atoms with Crippen molar-refractivity contribution < 1.29 is 4.74 Å². The van der Waals surface area contributed by atoms with Gasteiger partial charge in [0.05, 0.1) is 5.25 Å². The first-order chi connectivity index (χ1) is 11.1. The SMILES string of the molecule is C=CC=CC(S)[C@H](CCN(C)C)Oc1cccc2ccccc12. The number of ether oxygens (including phenoxy) is 1. The standard InChI is InChI=1S/C20H25NOS/c1-4-5-13-20(23)19(14-15-21(2)3)22-18-12-8-10-16-9-6-7-11-17(16)18/h4-13,19-20,23H,1,14-15H2,2-3H3/t19-,20?/m0/s1. The third-order valence-corrected chi connectivity index (χ3v) is 4.22. The van der Waals surface area contributed by atoms with Gasteiger partial charge in [-0.3, -0.25) is 0 Å². The summed E-state index contributed by atoms with van der Waals surface area (Å²) in [7, 11) is 4.14. The van der Waals surface area contributed by atoms with Crippen molar-refractivity contribution in [1.29, 1.82) is 0 Å². The molecule has 2 aromatic carbocycles. The first-order valence-electron chi connectivity index (χ1n) is 7.88. The fourth-order valence-electron chi connectivity index (χ4n) is 2.46. The van der Waals surface area contributed by atoms with E-state index in [9.17, 15) is 0 Å². The average molecular weight is 327 g/mol. The van der Waals surface area contributed by atoms with Crippen LogP contribution in [0, 0.1) is 0 Å². The molecule has 0 saturated heterocycles. The summed E-state index contributed by atoms with van der Waals surface area (Å²) >= 11 is 4.71. The van der Waals surface area contributed by atoms with Gasteiger partial charge in [0.15, 0.2) is 0 Å². The lowest BCUT2D eigenvalue weighted by Crippen LogP contribution is -2.30. The minimum Gasteiger partial charge on any atom is -0.488 e. The number of fused-ring (bicyclic) bond motifs is 1. The van der Waals surface area contributed by atoms with Crippen LogP contribution in [-0.4, -0.2) is 36.9 Å². The molecule has 2 aromatic rings. The molecule has 23 heavy (non-hydrogen) atoms. The molecule has 0 N–H and O–H groups in total. The van der Waals surface area contributed by atoms with E-state index in [2.05, 4.69) is 43.8 Å². The molecule has 2 atom stereocenters. The fraction of sp³-hybridized carbons (Fsp3) is 0.300. The summed E-state index contributed by atoms with van der Waals surface area (Å²) in [6.07, 6.45) is 6.63. The largest absolute Gasteiger partial charge is 0.488 e. The number of benzene rings is 2. The van der Waals surface area contributed by atoms with Gasteiger partial charge in [0.2, 0.25) is 0 Å². The van der Waals surface area contributed by atoms with E-state index >= 15 is 0 Å². The summed E-state index contributed by atoms with van der Waals surface area (Å²) in [5, 5.41) is 2.35. The average Bonchev–Trinajstić information content (AvgIpc) is 2.56. The fourth-order valence-corrected chi connectivity index (χ4v) is 2.77. The van der Waals surface area contributed by atoms with Crippen LogP contribution in [0.15, 0.2) is 67.3 Å². The second kappa shape index (κ2) is 8.80. The molecule has 2 rings (SSSR count). The van der Waals surface area contributed by atoms with Crippen molar-refractivity contribution in [2.45, 2.75) is 17.8 Å². The van der Waals surface area contributed by atoms with Gasteiger partial charge in [0, 0.05) is 11.9 Å². The van der Waals surface area contributed by atoms with Crippen molar-refractivity contribution >= 4 is 23.4 Å². The van der Waals surface area contributed by atoms with Gasteiger partial charge in [-0.25, -0.2) is 0 Å². The minimum absolute atomic E-state index is 0.00254. The highest BCUT2D eigenvalue weighted by molar-refractivity contribution is 7.81. The van der Waals surface area contributed by atoms with Crippen LogP contribution in [0.1, 0.15) is 6.42 Å². The van der Waals surface area contributed by atoms with Crippen molar-refractivity contribution in [3.05, 3.63) is 67.3 Å². The van der Waals surface area contributed by atoms with E-state index < -0.39 is 0 Å². The molecule has 2 nitrogen and oxygen atoms in total. The lowest BCUT2D eigenvalue weighted by Gasteiger charge is -2.25. The lowest BCUT2D eigenvalue weighted by atomic mass is 10.1. The summed E-state index contributed by atoms with van der Waals surface area (Å²) in [5.74, 6) is 0.915. The monoisotopic (exact) mass is 327 g/mol. The molecule has 0 aliphatic rings. The quantitative estimate of drug-likeness (QED) is 0.563. The van der Waals surface area contributed by atoms with Crippen LogP contribution >= 0.6 is 12.6 Å². The Morgan fingerprint density at radius 2 is 1.91 bits per heavy atom. The van der Waals surface area contributed by atoms with E-state index in [0.29, 0.717) is 0 Å². The van der Waals surface area contributed by atoms with E-state index in [1.54, 1.807) is 6.08 Å². The molecule has 0 saturated carbocycles. The summed E-state index contributed by atoms with van der Waals surface area (Å²) < 4.78 is 6.35. The number of thiol groups is 1. The Labute approximate surface area is 144 Å². The van der Waals surface area contributed by atoms with Crippen LogP contribution in [0.2, 0.25) is 0 Å². The Morgan fingerprint density at radius 3 is 2.65 bits per heavy atom. The Kier molecular flexibility index (Phi) is 6.75. The van der Waals surface area contributed by atoms with Crippen LogP contribution in [0.3, 0.4) is 0 Å². The zero-order chi connectivity index (χ0) is 16.7. The normalized spacial score (nSPS) is 14.3. The van der Waals surface area contributed by atoms with Crippen molar-refractivity contribution in [3.63, 3.8) is 0 Å². The topological polar surface area (TPSA) is 12.5 Å². The number of nitrogens with zero attached hydrogens (tertiary/aromatic N) is 1. The summed E-state index contributed by atoms with van der Waals surface area (Å²) in [4.78, 5) is 2.16. The lowest BCUT2D eigenvalue weighted by molar-refractivity contribution is 0.186. The zero-order valence-corrected chi connectivity index (χ0v) is 14.7. The molecule has 0 aromatic heterocycles. The molecular formula is C20H25NOS. The highest BCUT2D eigenvalue weighted by Crippen LogP contribution is 2.28. The molecule has 0 fully saturated rings. The smallest absolute Gasteiger partial charge is 0.127 e. The molecule has 3 heteroatoms. The molecule has 0 amide bonds. The van der Waals surface area contributed by atoms with Gasteiger partial charge in [-0.2, -0.15) is 12.6 Å². The third kappa shape index (κ3) is 5.15. The molecule has 0 aliphatic carbocycles. The van der Waals surface area contributed by atoms with Gasteiger partial charge < -0.3 is 9.64 Å². The zero-order valence-electron chi connectivity index (χ0n) is 13.9. The molecular weight excluding hydrogens is 302 g/mol. The van der Waals surface area contributed by atoms with Gasteiger partial charge in [-0.05, 0) is 32.0 Å². The van der Waals surface area contributed by atoms with E-state index in [0.717, 1.165) is 24.1 Å². The van der Waals surface area contributed by atoms with Crippen LogP contribution in [0.25, 0.3) is 10.8 Å². The van der Waals surface area contributed by atoms with Gasteiger partial charge >= 0.3 is 0 Å². The number of allylic oxidation sites excluding steroid dienone is 2. The second-order valence-corrected chi connectivity index (χ2v) is 6.43. The molecule has 1 unspecified atom stereocenters. The summed E-state index contributed by atoms with van der Waals surface area (Å²) in [6, 6.07) is 14.5. The number of hydrogen-bond donors (Lipinski definition) is 1. The van der Waals surface area contributed by atoms with E-state index in [1.807, 2.05) is 36.4 Å². The molecule has 0 radical (unpaired) electrons. The maximum absolute atomic E-state index is 6.35. The first kappa shape index (κ1) is 17.6. The molecule has 0 heterocycles. The van der Waals surface area contributed by atoms with E-state index in [1.165, 1.54) is 5.39 Å². The Hall–Kier alpha value is -1.71. The van der Waals surface area contributed by atoms with Gasteiger partial charge in [0.25, 0.3) is 0 Å². The van der Waals surface area contributed by atoms with Crippen molar-refractivity contribution in [1.82, 2.24) is 4.90 Å².